The predicted molar refractivity (Wildman–Crippen MR) is 48.1 cm³/mol. The number of nitrogens with one attached hydrogen (secondary N) is 1. The molecule has 2 N–H and O–H groups in total. The van der Waals surface area contributed by atoms with Gasteiger partial charge in [0.1, 0.15) is 0 Å². The van der Waals surface area contributed by atoms with Crippen LogP contribution in [0, 0.1) is 11.3 Å². The van der Waals surface area contributed by atoms with Gasteiger partial charge in [-0.05, 0) is 0 Å². The minimum atomic E-state index is -0.760. The molecule has 1 atom stereocenters. The zero-order valence-electron chi connectivity index (χ0n) is 7.99. The molecule has 1 spiro atoms. The lowest BCUT2D eigenvalue weighted by atomic mass is 9.79. The van der Waals surface area contributed by atoms with Crippen LogP contribution in [0.5, 0.6) is 0 Å². The molecular formula is C9H15NO4. The number of rotatable bonds is 1. The Morgan fingerprint density at radius 1 is 1.36 bits per heavy atom. The van der Waals surface area contributed by atoms with E-state index in [4.69, 9.17) is 14.6 Å². The quantitative estimate of drug-likeness (QED) is 0.588. The number of carboxylic acids is 1. The Balaban J connectivity index is 2.14. The molecule has 2 heterocycles. The van der Waals surface area contributed by atoms with Crippen LogP contribution in [-0.4, -0.2) is 50.6 Å². The van der Waals surface area contributed by atoms with Crippen LogP contribution in [0.1, 0.15) is 0 Å². The summed E-state index contributed by atoms with van der Waals surface area (Å²) in [4.78, 5) is 11.0. The van der Waals surface area contributed by atoms with Gasteiger partial charge in [-0.3, -0.25) is 4.79 Å². The summed E-state index contributed by atoms with van der Waals surface area (Å²) in [6.07, 6.45) is 0. The van der Waals surface area contributed by atoms with E-state index < -0.39 is 5.97 Å². The molecule has 80 valence electrons. The summed E-state index contributed by atoms with van der Waals surface area (Å²) < 4.78 is 10.8. The van der Waals surface area contributed by atoms with Crippen molar-refractivity contribution in [1.29, 1.82) is 0 Å². The van der Waals surface area contributed by atoms with E-state index in [-0.39, 0.29) is 11.3 Å². The number of hydrogen-bond acceptors (Lipinski definition) is 4. The Hall–Kier alpha value is -0.650. The summed E-state index contributed by atoms with van der Waals surface area (Å²) >= 11 is 0. The van der Waals surface area contributed by atoms with Crippen molar-refractivity contribution in [2.75, 3.05) is 39.5 Å². The standard InChI is InChI=1S/C9H15NO4/c11-8(12)7-3-10-4-9(7)5-13-1-2-14-6-9/h7,10H,1-6H2,(H,11,12). The highest BCUT2D eigenvalue weighted by Crippen LogP contribution is 2.33. The average Bonchev–Trinajstić information content (AvgIpc) is 2.39. The van der Waals surface area contributed by atoms with Crippen LogP contribution in [0.15, 0.2) is 0 Å². The van der Waals surface area contributed by atoms with Crippen LogP contribution in [0.4, 0.5) is 0 Å². The van der Waals surface area contributed by atoms with Gasteiger partial charge >= 0.3 is 5.97 Å². The Morgan fingerprint density at radius 3 is 2.57 bits per heavy atom. The molecule has 2 fully saturated rings. The smallest absolute Gasteiger partial charge is 0.308 e. The van der Waals surface area contributed by atoms with E-state index in [1.807, 2.05) is 0 Å². The van der Waals surface area contributed by atoms with E-state index in [1.54, 1.807) is 0 Å². The van der Waals surface area contributed by atoms with Crippen molar-refractivity contribution < 1.29 is 19.4 Å². The highest BCUT2D eigenvalue weighted by Gasteiger charge is 2.48. The second kappa shape index (κ2) is 3.84. The fourth-order valence-corrected chi connectivity index (χ4v) is 2.17. The van der Waals surface area contributed by atoms with Crippen LogP contribution in [0.25, 0.3) is 0 Å². The van der Waals surface area contributed by atoms with Crippen molar-refractivity contribution in [1.82, 2.24) is 5.32 Å². The monoisotopic (exact) mass is 201 g/mol. The van der Waals surface area contributed by atoms with E-state index in [0.29, 0.717) is 39.5 Å². The summed E-state index contributed by atoms with van der Waals surface area (Å²) in [5.74, 6) is -1.15. The molecule has 0 aromatic carbocycles. The first-order chi connectivity index (χ1) is 6.75. The zero-order valence-corrected chi connectivity index (χ0v) is 7.99. The number of hydrogen-bond donors (Lipinski definition) is 2. The first-order valence-electron chi connectivity index (χ1n) is 4.84. The normalized spacial score (nSPS) is 31.6. The molecule has 1 unspecified atom stereocenters. The van der Waals surface area contributed by atoms with E-state index >= 15 is 0 Å². The van der Waals surface area contributed by atoms with Gasteiger partial charge in [-0.2, -0.15) is 0 Å². The molecule has 5 nitrogen and oxygen atoms in total. The van der Waals surface area contributed by atoms with Crippen LogP contribution in [-0.2, 0) is 14.3 Å². The van der Waals surface area contributed by atoms with E-state index in [9.17, 15) is 4.79 Å². The molecular weight excluding hydrogens is 186 g/mol. The third-order valence-corrected chi connectivity index (χ3v) is 3.01. The van der Waals surface area contributed by atoms with Crippen molar-refractivity contribution in [3.8, 4) is 0 Å². The second-order valence-corrected chi connectivity index (χ2v) is 3.99. The Kier molecular flexibility index (Phi) is 2.71. The fourth-order valence-electron chi connectivity index (χ4n) is 2.17. The number of carbonyl (C=O) groups is 1. The third-order valence-electron chi connectivity index (χ3n) is 3.01. The molecule has 0 aromatic heterocycles. The van der Waals surface area contributed by atoms with Gasteiger partial charge in [-0.25, -0.2) is 0 Å². The summed E-state index contributed by atoms with van der Waals surface area (Å²) in [5.41, 5.74) is -0.359. The van der Waals surface area contributed by atoms with E-state index in [0.717, 1.165) is 0 Å². The number of carboxylic acid groups (broad SMARTS) is 1. The molecule has 0 aliphatic carbocycles. The first kappa shape index (κ1) is 9.89. The lowest BCUT2D eigenvalue weighted by Gasteiger charge is -2.29. The zero-order chi connectivity index (χ0) is 10.0. The SMILES string of the molecule is O=C(O)C1CNCC12COCCOC2. The Morgan fingerprint density at radius 2 is 2.00 bits per heavy atom. The molecule has 0 radical (unpaired) electrons. The molecule has 2 saturated heterocycles. The van der Waals surface area contributed by atoms with Gasteiger partial charge in [-0.1, -0.05) is 0 Å². The molecule has 5 heteroatoms. The summed E-state index contributed by atoms with van der Waals surface area (Å²) in [7, 11) is 0. The summed E-state index contributed by atoms with van der Waals surface area (Å²) in [5, 5.41) is 12.2. The Bertz CT molecular complexity index is 223. The van der Waals surface area contributed by atoms with Gasteiger partial charge in [0, 0.05) is 18.5 Å². The van der Waals surface area contributed by atoms with Gasteiger partial charge in [0.15, 0.2) is 0 Å². The number of ether oxygens (including phenoxy) is 2. The maximum absolute atomic E-state index is 11.0. The van der Waals surface area contributed by atoms with E-state index in [1.165, 1.54) is 0 Å². The minimum Gasteiger partial charge on any atom is -0.481 e. The summed E-state index contributed by atoms with van der Waals surface area (Å²) in [6.45, 7) is 3.28. The maximum Gasteiger partial charge on any atom is 0.308 e. The molecule has 0 aromatic rings. The molecule has 2 aliphatic heterocycles. The van der Waals surface area contributed by atoms with Crippen molar-refractivity contribution in [3.05, 3.63) is 0 Å². The maximum atomic E-state index is 11.0. The van der Waals surface area contributed by atoms with Crippen LogP contribution >= 0.6 is 0 Å². The lowest BCUT2D eigenvalue weighted by Crippen LogP contribution is -2.41. The molecule has 0 saturated carbocycles. The predicted octanol–water partition coefficient (Wildman–Crippen LogP) is -0.676. The van der Waals surface area contributed by atoms with Crippen molar-refractivity contribution in [2.45, 2.75) is 0 Å². The van der Waals surface area contributed by atoms with Crippen molar-refractivity contribution >= 4 is 5.97 Å². The molecule has 14 heavy (non-hydrogen) atoms. The van der Waals surface area contributed by atoms with Gasteiger partial charge in [0.05, 0.1) is 32.3 Å². The molecule has 2 rings (SSSR count). The Labute approximate surface area is 82.4 Å². The first-order valence-corrected chi connectivity index (χ1v) is 4.84. The fraction of sp³-hybridized carbons (Fsp3) is 0.889. The largest absolute Gasteiger partial charge is 0.481 e. The lowest BCUT2D eigenvalue weighted by molar-refractivity contribution is -0.147. The highest BCUT2D eigenvalue weighted by molar-refractivity contribution is 5.72. The summed E-state index contributed by atoms with van der Waals surface area (Å²) in [6, 6.07) is 0. The highest BCUT2D eigenvalue weighted by atomic mass is 16.5. The molecule has 2 aliphatic rings. The molecule has 0 bridgehead atoms. The van der Waals surface area contributed by atoms with Crippen molar-refractivity contribution in [3.63, 3.8) is 0 Å². The second-order valence-electron chi connectivity index (χ2n) is 3.99. The van der Waals surface area contributed by atoms with Gasteiger partial charge in [-0.15, -0.1) is 0 Å². The van der Waals surface area contributed by atoms with Crippen LogP contribution < -0.4 is 5.32 Å². The topological polar surface area (TPSA) is 67.8 Å². The number of aliphatic carboxylic acids is 1. The van der Waals surface area contributed by atoms with Gasteiger partial charge in [0.25, 0.3) is 0 Å². The van der Waals surface area contributed by atoms with E-state index in [2.05, 4.69) is 5.32 Å². The van der Waals surface area contributed by atoms with Crippen LogP contribution in [0.2, 0.25) is 0 Å². The van der Waals surface area contributed by atoms with Crippen molar-refractivity contribution in [2.24, 2.45) is 11.3 Å². The average molecular weight is 201 g/mol. The third kappa shape index (κ3) is 1.63. The minimum absolute atomic E-state index is 0.359. The molecule has 0 amide bonds. The van der Waals surface area contributed by atoms with Crippen LogP contribution in [0.3, 0.4) is 0 Å². The van der Waals surface area contributed by atoms with Gasteiger partial charge < -0.3 is 19.9 Å². The van der Waals surface area contributed by atoms with Gasteiger partial charge in [0.2, 0.25) is 0 Å².